The first-order valence-electron chi connectivity index (χ1n) is 8.68. The summed E-state index contributed by atoms with van der Waals surface area (Å²) in [5.74, 6) is -0.0761. The van der Waals surface area contributed by atoms with Crippen LogP contribution in [0.2, 0.25) is 0 Å². The molecule has 0 radical (unpaired) electrons. The van der Waals surface area contributed by atoms with Crippen LogP contribution in [0.25, 0.3) is 0 Å². The fourth-order valence-corrected chi connectivity index (χ4v) is 3.61. The van der Waals surface area contributed by atoms with Crippen molar-refractivity contribution in [3.05, 3.63) is 71.1 Å². The summed E-state index contributed by atoms with van der Waals surface area (Å²) in [6.07, 6.45) is 0.195. The summed E-state index contributed by atoms with van der Waals surface area (Å²) in [7, 11) is 0. The van der Waals surface area contributed by atoms with Crippen LogP contribution in [0, 0.1) is 6.92 Å². The molecule has 0 saturated heterocycles. The number of aryl methyl sites for hydroxylation is 1. The Hall–Kier alpha value is -3.08. The van der Waals surface area contributed by atoms with Crippen LogP contribution in [0.3, 0.4) is 0 Å². The number of carbonyl (C=O) groups is 2. The fourth-order valence-electron chi connectivity index (χ4n) is 3.61. The van der Waals surface area contributed by atoms with Crippen molar-refractivity contribution in [3.63, 3.8) is 0 Å². The zero-order valence-electron chi connectivity index (χ0n) is 14.7. The summed E-state index contributed by atoms with van der Waals surface area (Å²) < 4.78 is 11.2. The molecule has 0 aliphatic carbocycles. The molecule has 0 N–H and O–H groups in total. The van der Waals surface area contributed by atoms with Gasteiger partial charge in [0.25, 0.3) is 0 Å². The van der Waals surface area contributed by atoms with Gasteiger partial charge in [0.05, 0.1) is 12.3 Å². The highest BCUT2D eigenvalue weighted by atomic mass is 16.5. The Kier molecular flexibility index (Phi) is 3.99. The monoisotopic (exact) mass is 349 g/mol. The number of benzene rings is 2. The quantitative estimate of drug-likeness (QED) is 0.793. The van der Waals surface area contributed by atoms with Crippen LogP contribution in [0.15, 0.2) is 60.0 Å². The molecular weight excluding hydrogens is 330 g/mol. The van der Waals surface area contributed by atoms with Crippen molar-refractivity contribution in [1.82, 2.24) is 0 Å². The van der Waals surface area contributed by atoms with Gasteiger partial charge < -0.3 is 9.47 Å². The summed E-state index contributed by atoms with van der Waals surface area (Å²) in [6, 6.07) is 15.1. The van der Waals surface area contributed by atoms with Crippen molar-refractivity contribution in [1.29, 1.82) is 0 Å². The van der Waals surface area contributed by atoms with E-state index in [0.717, 1.165) is 11.1 Å². The van der Waals surface area contributed by atoms with Gasteiger partial charge in [-0.05, 0) is 37.1 Å². The lowest BCUT2D eigenvalue weighted by Crippen LogP contribution is -2.38. The Morgan fingerprint density at radius 1 is 1.19 bits per heavy atom. The number of ether oxygens (including phenoxy) is 2. The molecule has 132 valence electrons. The Bertz CT molecular complexity index is 931. The van der Waals surface area contributed by atoms with Crippen molar-refractivity contribution < 1.29 is 19.1 Å². The minimum atomic E-state index is -0.443. The molecule has 0 aromatic heterocycles. The second-order valence-electron chi connectivity index (χ2n) is 6.35. The van der Waals surface area contributed by atoms with E-state index in [1.165, 1.54) is 4.90 Å². The Balaban J connectivity index is 1.91. The van der Waals surface area contributed by atoms with E-state index in [9.17, 15) is 9.59 Å². The fraction of sp³-hybridized carbons (Fsp3) is 0.238. The minimum Gasteiger partial charge on any atom is -0.462 e. The molecule has 2 aliphatic heterocycles. The van der Waals surface area contributed by atoms with Crippen LogP contribution in [-0.4, -0.2) is 18.5 Å². The van der Waals surface area contributed by atoms with Gasteiger partial charge in [-0.1, -0.05) is 36.4 Å². The number of anilines is 1. The number of amides is 1. The third-order valence-corrected chi connectivity index (χ3v) is 4.78. The van der Waals surface area contributed by atoms with E-state index in [-0.39, 0.29) is 30.7 Å². The lowest BCUT2D eigenvalue weighted by atomic mass is 9.83. The highest BCUT2D eigenvalue weighted by molar-refractivity contribution is 6.06. The molecule has 26 heavy (non-hydrogen) atoms. The first-order chi connectivity index (χ1) is 12.6. The molecule has 0 fully saturated rings. The second kappa shape index (κ2) is 6.33. The number of carbonyl (C=O) groups excluding carboxylic acids is 2. The molecule has 1 amide bonds. The van der Waals surface area contributed by atoms with Crippen LogP contribution in [0.4, 0.5) is 5.69 Å². The average Bonchev–Trinajstić information content (AvgIpc) is 3.02. The first-order valence-corrected chi connectivity index (χ1v) is 8.68. The van der Waals surface area contributed by atoms with Crippen LogP contribution in [0.5, 0.6) is 5.75 Å². The van der Waals surface area contributed by atoms with Crippen molar-refractivity contribution in [2.75, 3.05) is 11.5 Å². The van der Waals surface area contributed by atoms with Crippen LogP contribution in [0.1, 0.15) is 30.4 Å². The summed E-state index contributed by atoms with van der Waals surface area (Å²) in [5.41, 5.74) is 3.03. The van der Waals surface area contributed by atoms with Crippen LogP contribution >= 0.6 is 0 Å². The average molecular weight is 349 g/mol. The third-order valence-electron chi connectivity index (χ3n) is 4.78. The highest BCUT2D eigenvalue weighted by Crippen LogP contribution is 2.47. The van der Waals surface area contributed by atoms with E-state index in [0.29, 0.717) is 17.0 Å². The van der Waals surface area contributed by atoms with E-state index < -0.39 is 5.97 Å². The highest BCUT2D eigenvalue weighted by Gasteiger charge is 2.45. The molecular formula is C21H19NO4. The molecule has 1 atom stereocenters. The first kappa shape index (κ1) is 16.4. The zero-order valence-corrected chi connectivity index (χ0v) is 14.7. The molecule has 0 bridgehead atoms. The van der Waals surface area contributed by atoms with E-state index in [4.69, 9.17) is 9.47 Å². The Morgan fingerprint density at radius 3 is 2.69 bits per heavy atom. The maximum absolute atomic E-state index is 12.9. The normalized spacial score (nSPS) is 18.3. The van der Waals surface area contributed by atoms with E-state index in [2.05, 4.69) is 0 Å². The van der Waals surface area contributed by atoms with E-state index in [1.807, 2.05) is 49.4 Å². The smallest absolute Gasteiger partial charge is 0.340 e. The standard InChI is InChI=1S/C21H19NO4/c1-3-25-21(24)19-15(14-9-5-4-8-13(14)2)12-18(23)22-16-10-6-7-11-17(16)26-20(19)22/h4-11,15H,3,12H2,1-2H3/t15-/m1/s1. The predicted octanol–water partition coefficient (Wildman–Crippen LogP) is 3.68. The predicted molar refractivity (Wildman–Crippen MR) is 96.8 cm³/mol. The molecule has 0 saturated carbocycles. The van der Waals surface area contributed by atoms with Crippen molar-refractivity contribution in [2.24, 2.45) is 0 Å². The van der Waals surface area contributed by atoms with Crippen LogP contribution in [-0.2, 0) is 14.3 Å². The van der Waals surface area contributed by atoms with Gasteiger partial charge in [-0.25, -0.2) is 9.69 Å². The number of fused-ring (bicyclic) bond motifs is 3. The minimum absolute atomic E-state index is 0.0914. The lowest BCUT2D eigenvalue weighted by Gasteiger charge is -2.30. The zero-order chi connectivity index (χ0) is 18.3. The molecule has 2 aromatic carbocycles. The summed E-state index contributed by atoms with van der Waals surface area (Å²) in [4.78, 5) is 27.2. The summed E-state index contributed by atoms with van der Waals surface area (Å²) in [5, 5.41) is 0. The maximum Gasteiger partial charge on any atom is 0.340 e. The Morgan fingerprint density at radius 2 is 1.92 bits per heavy atom. The van der Waals surface area contributed by atoms with Gasteiger partial charge in [-0.15, -0.1) is 0 Å². The molecule has 2 aromatic rings. The number of nitrogens with zero attached hydrogens (tertiary/aromatic N) is 1. The molecule has 2 heterocycles. The third kappa shape index (κ3) is 2.47. The SMILES string of the molecule is CCOC(=O)C1=C2Oc3ccccc3N2C(=O)C[C@@H]1c1ccccc1C. The lowest BCUT2D eigenvalue weighted by molar-refractivity contribution is -0.139. The van der Waals surface area contributed by atoms with Gasteiger partial charge in [0.2, 0.25) is 11.8 Å². The van der Waals surface area contributed by atoms with Gasteiger partial charge in [0.15, 0.2) is 5.75 Å². The van der Waals surface area contributed by atoms with Gasteiger partial charge in [0.1, 0.15) is 5.57 Å². The van der Waals surface area contributed by atoms with Crippen molar-refractivity contribution in [2.45, 2.75) is 26.2 Å². The van der Waals surface area contributed by atoms with Crippen molar-refractivity contribution in [3.8, 4) is 5.75 Å². The molecule has 2 aliphatic rings. The number of hydrogen-bond acceptors (Lipinski definition) is 4. The van der Waals surface area contributed by atoms with E-state index in [1.54, 1.807) is 13.0 Å². The number of para-hydroxylation sites is 2. The van der Waals surface area contributed by atoms with Gasteiger partial charge in [-0.3, -0.25) is 4.79 Å². The van der Waals surface area contributed by atoms with Crippen molar-refractivity contribution >= 4 is 17.6 Å². The second-order valence-corrected chi connectivity index (χ2v) is 6.35. The number of hydrogen-bond donors (Lipinski definition) is 0. The van der Waals surface area contributed by atoms with E-state index >= 15 is 0 Å². The molecule has 0 spiro atoms. The van der Waals surface area contributed by atoms with Crippen LogP contribution < -0.4 is 9.64 Å². The molecule has 5 nitrogen and oxygen atoms in total. The van der Waals surface area contributed by atoms with Gasteiger partial charge in [-0.2, -0.15) is 0 Å². The van der Waals surface area contributed by atoms with Gasteiger partial charge in [0, 0.05) is 12.3 Å². The number of esters is 1. The molecule has 0 unspecified atom stereocenters. The Labute approximate surface area is 151 Å². The van der Waals surface area contributed by atoms with Gasteiger partial charge >= 0.3 is 5.97 Å². The molecule has 5 heteroatoms. The largest absolute Gasteiger partial charge is 0.462 e. The summed E-state index contributed by atoms with van der Waals surface area (Å²) >= 11 is 0. The topological polar surface area (TPSA) is 55.8 Å². The number of rotatable bonds is 3. The summed E-state index contributed by atoms with van der Waals surface area (Å²) in [6.45, 7) is 4.00. The molecule has 4 rings (SSSR count). The maximum atomic E-state index is 12.9.